The molecule has 1 atom stereocenters. The summed E-state index contributed by atoms with van der Waals surface area (Å²) >= 11 is 3.09. The molecule has 1 aromatic carbocycles. The number of esters is 1. The largest absolute Gasteiger partial charge is 0.466 e. The molecule has 2 nitrogen and oxygen atoms in total. The molecular formula is C16H26BrFO2. The average molecular weight is 349 g/mol. The predicted molar refractivity (Wildman–Crippen MR) is 86.5 cm³/mol. The van der Waals surface area contributed by atoms with Crippen molar-refractivity contribution in [3.8, 4) is 0 Å². The summed E-state index contributed by atoms with van der Waals surface area (Å²) in [4.78, 5) is 11.3. The van der Waals surface area contributed by atoms with E-state index in [1.54, 1.807) is 19.1 Å². The SMILES string of the molecule is CC.CC.CCOC(=O)CC(C)c1ccc(Br)c(F)c1. The molecule has 0 radical (unpaired) electrons. The molecule has 1 aromatic rings. The molecule has 20 heavy (non-hydrogen) atoms. The number of ether oxygens (including phenoxy) is 1. The van der Waals surface area contributed by atoms with Gasteiger partial charge in [-0.2, -0.15) is 0 Å². The summed E-state index contributed by atoms with van der Waals surface area (Å²) in [6.07, 6.45) is 0.273. The standard InChI is InChI=1S/C12H14BrFO2.2C2H6/c1-3-16-12(15)6-8(2)9-4-5-10(13)11(14)7-9;2*1-2/h4-5,7-8H,3,6H2,1-2H3;2*1-2H3. The molecule has 0 bridgehead atoms. The third-order valence-corrected chi connectivity index (χ3v) is 2.93. The first-order valence-electron chi connectivity index (χ1n) is 7.15. The van der Waals surface area contributed by atoms with Crippen LogP contribution in [0.5, 0.6) is 0 Å². The summed E-state index contributed by atoms with van der Waals surface area (Å²) < 4.78 is 18.5. The summed E-state index contributed by atoms with van der Waals surface area (Å²) in [5.74, 6) is -0.604. The molecule has 0 spiro atoms. The van der Waals surface area contributed by atoms with E-state index in [2.05, 4.69) is 15.9 Å². The fourth-order valence-corrected chi connectivity index (χ4v) is 1.65. The van der Waals surface area contributed by atoms with Crippen LogP contribution in [0.4, 0.5) is 4.39 Å². The Labute approximate surface area is 130 Å². The van der Waals surface area contributed by atoms with Gasteiger partial charge in [-0.05, 0) is 46.5 Å². The predicted octanol–water partition coefficient (Wildman–Crippen LogP) is 5.70. The van der Waals surface area contributed by atoms with Crippen LogP contribution < -0.4 is 0 Å². The van der Waals surface area contributed by atoms with Gasteiger partial charge >= 0.3 is 5.97 Å². The van der Waals surface area contributed by atoms with Gasteiger partial charge in [0, 0.05) is 0 Å². The Morgan fingerprint density at radius 3 is 2.30 bits per heavy atom. The zero-order valence-corrected chi connectivity index (χ0v) is 14.9. The lowest BCUT2D eigenvalue weighted by Gasteiger charge is -2.11. The lowest BCUT2D eigenvalue weighted by molar-refractivity contribution is -0.143. The van der Waals surface area contributed by atoms with Crippen LogP contribution >= 0.6 is 15.9 Å². The highest BCUT2D eigenvalue weighted by atomic mass is 79.9. The first-order valence-corrected chi connectivity index (χ1v) is 7.94. The minimum atomic E-state index is -0.312. The van der Waals surface area contributed by atoms with Gasteiger partial charge in [0.2, 0.25) is 0 Å². The molecule has 0 saturated heterocycles. The van der Waals surface area contributed by atoms with Crippen molar-refractivity contribution in [1.29, 1.82) is 0 Å². The second kappa shape index (κ2) is 13.1. The van der Waals surface area contributed by atoms with Crippen molar-refractivity contribution >= 4 is 21.9 Å². The zero-order valence-electron chi connectivity index (χ0n) is 13.3. The van der Waals surface area contributed by atoms with Gasteiger partial charge in [-0.3, -0.25) is 4.79 Å². The Bertz CT molecular complexity index is 381. The first kappa shape index (κ1) is 21.4. The van der Waals surface area contributed by atoms with Crippen molar-refractivity contribution in [1.82, 2.24) is 0 Å². The summed E-state index contributed by atoms with van der Waals surface area (Å²) in [6, 6.07) is 4.89. The van der Waals surface area contributed by atoms with Crippen LogP contribution in [0.2, 0.25) is 0 Å². The number of rotatable bonds is 4. The topological polar surface area (TPSA) is 26.3 Å². The van der Waals surface area contributed by atoms with E-state index in [0.29, 0.717) is 11.1 Å². The Balaban J connectivity index is 0. The third-order valence-electron chi connectivity index (χ3n) is 2.29. The molecule has 1 unspecified atom stereocenters. The van der Waals surface area contributed by atoms with E-state index in [9.17, 15) is 9.18 Å². The van der Waals surface area contributed by atoms with Crippen molar-refractivity contribution in [3.05, 3.63) is 34.1 Å². The van der Waals surface area contributed by atoms with Crippen LogP contribution in [-0.2, 0) is 9.53 Å². The van der Waals surface area contributed by atoms with E-state index in [0.717, 1.165) is 5.56 Å². The molecule has 0 aliphatic heterocycles. The zero-order chi connectivity index (χ0) is 16.1. The van der Waals surface area contributed by atoms with E-state index >= 15 is 0 Å². The molecule has 0 fully saturated rings. The number of hydrogen-bond acceptors (Lipinski definition) is 2. The molecular weight excluding hydrogens is 323 g/mol. The van der Waals surface area contributed by atoms with Crippen LogP contribution in [0.3, 0.4) is 0 Å². The van der Waals surface area contributed by atoms with Gasteiger partial charge < -0.3 is 4.74 Å². The lowest BCUT2D eigenvalue weighted by Crippen LogP contribution is -2.08. The molecule has 1 rings (SSSR count). The van der Waals surface area contributed by atoms with Crippen LogP contribution in [-0.4, -0.2) is 12.6 Å². The van der Waals surface area contributed by atoms with Gasteiger partial charge in [-0.25, -0.2) is 4.39 Å². The molecule has 0 N–H and O–H groups in total. The van der Waals surface area contributed by atoms with Crippen molar-refractivity contribution < 1.29 is 13.9 Å². The molecule has 0 saturated carbocycles. The summed E-state index contributed by atoms with van der Waals surface area (Å²) in [6.45, 7) is 12.0. The van der Waals surface area contributed by atoms with Crippen LogP contribution in [0.1, 0.15) is 59.4 Å². The van der Waals surface area contributed by atoms with Crippen LogP contribution in [0.25, 0.3) is 0 Å². The Kier molecular flexibility index (Phi) is 14.0. The van der Waals surface area contributed by atoms with Gasteiger partial charge in [0.1, 0.15) is 5.82 Å². The van der Waals surface area contributed by atoms with E-state index < -0.39 is 0 Å². The fourth-order valence-electron chi connectivity index (χ4n) is 1.41. The molecule has 0 aliphatic carbocycles. The van der Waals surface area contributed by atoms with Gasteiger partial charge in [-0.15, -0.1) is 0 Å². The average Bonchev–Trinajstić information content (AvgIpc) is 2.46. The second-order valence-electron chi connectivity index (χ2n) is 3.58. The number of hydrogen-bond donors (Lipinski definition) is 0. The second-order valence-corrected chi connectivity index (χ2v) is 4.44. The summed E-state index contributed by atoms with van der Waals surface area (Å²) in [5, 5.41) is 0. The molecule has 116 valence electrons. The van der Waals surface area contributed by atoms with Crippen LogP contribution in [0.15, 0.2) is 22.7 Å². The number of halogens is 2. The van der Waals surface area contributed by atoms with Gasteiger partial charge in [0.15, 0.2) is 0 Å². The number of carbonyl (C=O) groups excluding carboxylic acids is 1. The Morgan fingerprint density at radius 1 is 1.30 bits per heavy atom. The van der Waals surface area contributed by atoms with E-state index in [-0.39, 0.29) is 24.1 Å². The van der Waals surface area contributed by atoms with Crippen molar-refractivity contribution in [3.63, 3.8) is 0 Å². The quantitative estimate of drug-likeness (QED) is 0.652. The molecule has 0 aliphatic rings. The van der Waals surface area contributed by atoms with Gasteiger partial charge in [0.05, 0.1) is 17.5 Å². The first-order chi connectivity index (χ1) is 9.54. The maximum Gasteiger partial charge on any atom is 0.306 e. The van der Waals surface area contributed by atoms with Gasteiger partial charge in [-0.1, -0.05) is 40.7 Å². The normalized spacial score (nSPS) is 10.4. The van der Waals surface area contributed by atoms with E-state index in [4.69, 9.17) is 4.74 Å². The van der Waals surface area contributed by atoms with Crippen molar-refractivity contribution in [2.75, 3.05) is 6.61 Å². The third kappa shape index (κ3) is 8.31. The number of benzene rings is 1. The Morgan fingerprint density at radius 2 is 1.85 bits per heavy atom. The highest BCUT2D eigenvalue weighted by Crippen LogP contribution is 2.24. The maximum atomic E-state index is 13.3. The minimum Gasteiger partial charge on any atom is -0.466 e. The smallest absolute Gasteiger partial charge is 0.306 e. The van der Waals surface area contributed by atoms with Gasteiger partial charge in [0.25, 0.3) is 0 Å². The fraction of sp³-hybridized carbons (Fsp3) is 0.562. The molecule has 4 heteroatoms. The lowest BCUT2D eigenvalue weighted by atomic mass is 9.98. The van der Waals surface area contributed by atoms with E-state index in [1.165, 1.54) is 6.07 Å². The van der Waals surface area contributed by atoms with Crippen molar-refractivity contribution in [2.45, 2.75) is 53.9 Å². The maximum absolute atomic E-state index is 13.3. The molecule has 0 amide bonds. The number of carbonyl (C=O) groups is 1. The Hall–Kier alpha value is -0.900. The minimum absolute atomic E-state index is 0.0401. The van der Waals surface area contributed by atoms with E-state index in [1.807, 2.05) is 34.6 Å². The highest BCUT2D eigenvalue weighted by molar-refractivity contribution is 9.10. The molecule has 0 heterocycles. The summed E-state index contributed by atoms with van der Waals surface area (Å²) in [7, 11) is 0. The highest BCUT2D eigenvalue weighted by Gasteiger charge is 2.13. The monoisotopic (exact) mass is 348 g/mol. The van der Waals surface area contributed by atoms with Crippen LogP contribution in [0, 0.1) is 5.82 Å². The summed E-state index contributed by atoms with van der Waals surface area (Å²) in [5.41, 5.74) is 0.800. The van der Waals surface area contributed by atoms with Crippen molar-refractivity contribution in [2.24, 2.45) is 0 Å². The molecule has 0 aromatic heterocycles.